The van der Waals surface area contributed by atoms with Crippen molar-refractivity contribution >= 4 is 11.6 Å². The maximum Gasteiger partial charge on any atom is 0.287 e. The average Bonchev–Trinajstić information content (AvgIpc) is 3.25. The molecule has 0 saturated carbocycles. The highest BCUT2D eigenvalue weighted by atomic mass is 16.2. The van der Waals surface area contributed by atoms with E-state index in [1.54, 1.807) is 23.0 Å². The predicted octanol–water partition coefficient (Wildman–Crippen LogP) is 1.14. The number of aromatic nitrogens is 5. The maximum absolute atomic E-state index is 11.8. The molecule has 0 bridgehead atoms. The van der Waals surface area contributed by atoms with Gasteiger partial charge in [0.25, 0.3) is 5.91 Å². The van der Waals surface area contributed by atoms with Crippen molar-refractivity contribution < 1.29 is 4.79 Å². The number of benzene rings is 1. The van der Waals surface area contributed by atoms with Crippen molar-refractivity contribution in [2.45, 2.75) is 6.92 Å². The van der Waals surface area contributed by atoms with E-state index < -0.39 is 0 Å². The van der Waals surface area contributed by atoms with Gasteiger partial charge in [0.05, 0.1) is 11.4 Å². The summed E-state index contributed by atoms with van der Waals surface area (Å²) in [6, 6.07) is 11.0. The summed E-state index contributed by atoms with van der Waals surface area (Å²) >= 11 is 0. The first-order chi connectivity index (χ1) is 10.7. The molecular formula is C14H13N7O. The summed E-state index contributed by atoms with van der Waals surface area (Å²) in [6.07, 6.45) is 3.19. The summed E-state index contributed by atoms with van der Waals surface area (Å²) in [7, 11) is 0. The van der Waals surface area contributed by atoms with Crippen LogP contribution >= 0.6 is 0 Å². The summed E-state index contributed by atoms with van der Waals surface area (Å²) < 4.78 is 1.55. The molecule has 0 aliphatic carbocycles. The van der Waals surface area contributed by atoms with Gasteiger partial charge in [0, 0.05) is 6.20 Å². The van der Waals surface area contributed by atoms with Gasteiger partial charge < -0.3 is 4.98 Å². The molecule has 0 fully saturated rings. The minimum Gasteiger partial charge on any atom is -0.357 e. The number of carbonyl (C=O) groups excluding carboxylic acids is 1. The van der Waals surface area contributed by atoms with E-state index in [2.05, 4.69) is 31.0 Å². The van der Waals surface area contributed by atoms with Crippen LogP contribution in [0.1, 0.15) is 23.0 Å². The van der Waals surface area contributed by atoms with E-state index in [4.69, 9.17) is 0 Å². The van der Waals surface area contributed by atoms with Crippen molar-refractivity contribution in [1.29, 1.82) is 0 Å². The number of nitrogens with one attached hydrogen (secondary N) is 2. The Labute approximate surface area is 125 Å². The Morgan fingerprint density at radius 1 is 1.32 bits per heavy atom. The van der Waals surface area contributed by atoms with E-state index in [1.165, 1.54) is 6.33 Å². The number of hydrogen-bond donors (Lipinski definition) is 2. The standard InChI is InChI=1S/C14H13N7O/c1-10(17-18-14(22)13-6-3-7-15-13)11-4-2-5-12(8-11)21-9-16-19-20-21/h2-9,15H,1H3,(H,18,22)/b17-10-. The lowest BCUT2D eigenvalue weighted by Crippen LogP contribution is -2.19. The molecule has 2 N–H and O–H groups in total. The zero-order chi connectivity index (χ0) is 15.4. The number of H-pyrrole nitrogens is 1. The van der Waals surface area contributed by atoms with E-state index in [-0.39, 0.29) is 5.91 Å². The fraction of sp³-hybridized carbons (Fsp3) is 0.0714. The third-order valence-electron chi connectivity index (χ3n) is 3.05. The Morgan fingerprint density at radius 3 is 2.95 bits per heavy atom. The Hall–Kier alpha value is -3.29. The predicted molar refractivity (Wildman–Crippen MR) is 79.6 cm³/mol. The number of hydrogen-bond acceptors (Lipinski definition) is 5. The highest BCUT2D eigenvalue weighted by Gasteiger charge is 2.06. The number of nitrogens with zero attached hydrogens (tertiary/aromatic N) is 5. The number of tetrazole rings is 1. The number of carbonyl (C=O) groups is 1. The molecule has 0 radical (unpaired) electrons. The minimum absolute atomic E-state index is 0.291. The van der Waals surface area contributed by atoms with Gasteiger partial charge in [-0.3, -0.25) is 4.79 Å². The topological polar surface area (TPSA) is 101 Å². The molecule has 1 amide bonds. The lowest BCUT2D eigenvalue weighted by atomic mass is 10.1. The van der Waals surface area contributed by atoms with Crippen molar-refractivity contribution in [3.8, 4) is 5.69 Å². The van der Waals surface area contributed by atoms with Gasteiger partial charge in [-0.25, -0.2) is 10.1 Å². The molecule has 0 unspecified atom stereocenters. The van der Waals surface area contributed by atoms with Crippen molar-refractivity contribution in [2.24, 2.45) is 5.10 Å². The van der Waals surface area contributed by atoms with Crippen LogP contribution in [-0.2, 0) is 0 Å². The molecule has 3 aromatic rings. The van der Waals surface area contributed by atoms with Gasteiger partial charge in [0.2, 0.25) is 0 Å². The fourth-order valence-corrected chi connectivity index (χ4v) is 1.88. The van der Waals surface area contributed by atoms with E-state index in [9.17, 15) is 4.79 Å². The van der Waals surface area contributed by atoms with E-state index in [0.29, 0.717) is 11.4 Å². The van der Waals surface area contributed by atoms with Gasteiger partial charge in [-0.1, -0.05) is 12.1 Å². The summed E-state index contributed by atoms with van der Waals surface area (Å²) in [4.78, 5) is 14.6. The summed E-state index contributed by atoms with van der Waals surface area (Å²) in [5, 5.41) is 15.2. The van der Waals surface area contributed by atoms with Crippen molar-refractivity contribution in [3.63, 3.8) is 0 Å². The van der Waals surface area contributed by atoms with Crippen LogP contribution in [0.4, 0.5) is 0 Å². The summed E-state index contributed by atoms with van der Waals surface area (Å²) in [6.45, 7) is 1.81. The smallest absolute Gasteiger partial charge is 0.287 e. The normalized spacial score (nSPS) is 11.4. The van der Waals surface area contributed by atoms with Crippen LogP contribution in [0.3, 0.4) is 0 Å². The van der Waals surface area contributed by atoms with Gasteiger partial charge in [0.15, 0.2) is 0 Å². The second kappa shape index (κ2) is 6.00. The minimum atomic E-state index is -0.291. The van der Waals surface area contributed by atoms with Crippen LogP contribution in [0.25, 0.3) is 5.69 Å². The second-order valence-electron chi connectivity index (χ2n) is 4.53. The Bertz CT molecular complexity index is 790. The Morgan fingerprint density at radius 2 is 2.23 bits per heavy atom. The zero-order valence-corrected chi connectivity index (χ0v) is 11.8. The highest BCUT2D eigenvalue weighted by molar-refractivity contribution is 6.00. The Kier molecular flexibility index (Phi) is 3.73. The van der Waals surface area contributed by atoms with Crippen LogP contribution in [0.15, 0.2) is 54.0 Å². The molecule has 0 atom stereocenters. The first kappa shape index (κ1) is 13.7. The third kappa shape index (κ3) is 2.90. The zero-order valence-electron chi connectivity index (χ0n) is 11.8. The SMILES string of the molecule is C/C(=N/NC(=O)c1ccc[nH]1)c1cccc(-n2cnnn2)c1. The van der Waals surface area contributed by atoms with E-state index in [0.717, 1.165) is 11.3 Å². The first-order valence-corrected chi connectivity index (χ1v) is 6.56. The molecule has 2 heterocycles. The maximum atomic E-state index is 11.8. The van der Waals surface area contributed by atoms with Crippen LogP contribution in [0.5, 0.6) is 0 Å². The van der Waals surface area contributed by atoms with Gasteiger partial charge in [0.1, 0.15) is 12.0 Å². The van der Waals surface area contributed by atoms with Crippen molar-refractivity contribution in [3.05, 3.63) is 60.2 Å². The molecule has 0 saturated heterocycles. The van der Waals surface area contributed by atoms with Gasteiger partial charge in [-0.15, -0.1) is 5.10 Å². The molecule has 2 aromatic heterocycles. The van der Waals surface area contributed by atoms with Crippen LogP contribution in [-0.4, -0.2) is 36.8 Å². The first-order valence-electron chi connectivity index (χ1n) is 6.56. The van der Waals surface area contributed by atoms with Crippen LogP contribution in [0.2, 0.25) is 0 Å². The number of hydrazone groups is 1. The van der Waals surface area contributed by atoms with Crippen LogP contribution < -0.4 is 5.43 Å². The average molecular weight is 295 g/mol. The number of aromatic amines is 1. The van der Waals surface area contributed by atoms with Crippen molar-refractivity contribution in [1.82, 2.24) is 30.6 Å². The largest absolute Gasteiger partial charge is 0.357 e. The monoisotopic (exact) mass is 295 g/mol. The van der Waals surface area contributed by atoms with Gasteiger partial charge in [-0.2, -0.15) is 5.10 Å². The third-order valence-corrected chi connectivity index (χ3v) is 3.05. The molecule has 1 aromatic carbocycles. The number of rotatable bonds is 4. The molecular weight excluding hydrogens is 282 g/mol. The molecule has 0 aliphatic rings. The molecule has 22 heavy (non-hydrogen) atoms. The van der Waals surface area contributed by atoms with E-state index >= 15 is 0 Å². The summed E-state index contributed by atoms with van der Waals surface area (Å²) in [5.41, 5.74) is 5.32. The van der Waals surface area contributed by atoms with Crippen LogP contribution in [0, 0.1) is 0 Å². The van der Waals surface area contributed by atoms with Gasteiger partial charge >= 0.3 is 0 Å². The lowest BCUT2D eigenvalue weighted by Gasteiger charge is -2.05. The Balaban J connectivity index is 1.77. The quantitative estimate of drug-likeness (QED) is 0.556. The lowest BCUT2D eigenvalue weighted by molar-refractivity contribution is 0.0950. The highest BCUT2D eigenvalue weighted by Crippen LogP contribution is 2.09. The molecule has 3 rings (SSSR count). The molecule has 8 heteroatoms. The second-order valence-corrected chi connectivity index (χ2v) is 4.53. The molecule has 0 aliphatic heterocycles. The fourth-order valence-electron chi connectivity index (χ4n) is 1.88. The number of amides is 1. The molecule has 0 spiro atoms. The van der Waals surface area contributed by atoms with Crippen molar-refractivity contribution in [2.75, 3.05) is 0 Å². The summed E-state index contributed by atoms with van der Waals surface area (Å²) in [5.74, 6) is -0.291. The van der Waals surface area contributed by atoms with E-state index in [1.807, 2.05) is 31.2 Å². The van der Waals surface area contributed by atoms with Gasteiger partial charge in [-0.05, 0) is 47.2 Å². The molecule has 8 nitrogen and oxygen atoms in total. The molecule has 110 valence electrons.